The Kier molecular flexibility index (Phi) is 9.04. The van der Waals surface area contributed by atoms with Crippen molar-refractivity contribution in [1.29, 1.82) is 0 Å². The highest BCUT2D eigenvalue weighted by atomic mass is 16.1. The minimum absolute atomic E-state index is 0.111. The number of rotatable bonds is 10. The van der Waals surface area contributed by atoms with E-state index in [-0.39, 0.29) is 5.78 Å². The van der Waals surface area contributed by atoms with Crippen molar-refractivity contribution in [2.75, 3.05) is 6.54 Å². The molecular weight excluding hydrogens is 204 g/mol. The summed E-state index contributed by atoms with van der Waals surface area (Å²) in [5.74, 6) is -0.640. The zero-order chi connectivity index (χ0) is 12.4. The molecule has 0 rings (SSSR count). The molecule has 0 aromatic carbocycles. The minimum Gasteiger partial charge on any atom is -0.330 e. The summed E-state index contributed by atoms with van der Waals surface area (Å²) in [6.07, 6.45) is 5.59. The van der Waals surface area contributed by atoms with E-state index in [1.165, 1.54) is 0 Å². The molecule has 0 heterocycles. The largest absolute Gasteiger partial charge is 0.330 e. The lowest BCUT2D eigenvalue weighted by Gasteiger charge is -2.14. The third kappa shape index (κ3) is 5.98. The molecule has 0 saturated heterocycles. The quantitative estimate of drug-likeness (QED) is 0.332. The number of nitrogens with two attached hydrogens (primary N) is 2. The molecule has 0 radical (unpaired) electrons. The van der Waals surface area contributed by atoms with Crippen molar-refractivity contribution in [2.24, 2.45) is 17.4 Å². The van der Waals surface area contributed by atoms with E-state index in [1.54, 1.807) is 0 Å². The highest BCUT2D eigenvalue weighted by Crippen LogP contribution is 2.11. The summed E-state index contributed by atoms with van der Waals surface area (Å²) in [6.45, 7) is 2.65. The van der Waals surface area contributed by atoms with Gasteiger partial charge in [0.1, 0.15) is 6.29 Å². The molecule has 4 nitrogen and oxygen atoms in total. The number of unbranched alkanes of at least 4 members (excludes halogenated alkanes) is 2. The van der Waals surface area contributed by atoms with Gasteiger partial charge in [0, 0.05) is 0 Å². The van der Waals surface area contributed by atoms with Gasteiger partial charge in [0.05, 0.1) is 12.0 Å². The van der Waals surface area contributed by atoms with Gasteiger partial charge in [-0.05, 0) is 25.8 Å². The summed E-state index contributed by atoms with van der Waals surface area (Å²) in [4.78, 5) is 22.6. The van der Waals surface area contributed by atoms with Crippen LogP contribution < -0.4 is 11.5 Å². The maximum absolute atomic E-state index is 11.8. The smallest absolute Gasteiger partial charge is 0.159 e. The Morgan fingerprint density at radius 1 is 1.25 bits per heavy atom. The molecule has 0 aliphatic carbocycles. The van der Waals surface area contributed by atoms with Gasteiger partial charge in [-0.25, -0.2) is 0 Å². The summed E-state index contributed by atoms with van der Waals surface area (Å²) in [5, 5.41) is 0. The van der Waals surface area contributed by atoms with Crippen LogP contribution in [0, 0.1) is 5.92 Å². The van der Waals surface area contributed by atoms with E-state index < -0.39 is 12.0 Å². The molecule has 94 valence electrons. The van der Waals surface area contributed by atoms with Crippen molar-refractivity contribution >= 4 is 12.1 Å². The fourth-order valence-corrected chi connectivity index (χ4v) is 1.63. The van der Waals surface area contributed by atoms with Gasteiger partial charge in [-0.15, -0.1) is 0 Å². The molecule has 0 bridgehead atoms. The zero-order valence-corrected chi connectivity index (χ0v) is 10.2. The first-order valence-electron chi connectivity index (χ1n) is 6.12. The molecule has 4 heteroatoms. The molecule has 4 N–H and O–H groups in total. The Bertz CT molecular complexity index is 207. The molecule has 0 aliphatic rings. The number of hydrogen-bond acceptors (Lipinski definition) is 4. The van der Waals surface area contributed by atoms with E-state index in [0.717, 1.165) is 32.0 Å². The third-order valence-electron chi connectivity index (χ3n) is 2.73. The minimum atomic E-state index is -0.529. The Labute approximate surface area is 97.8 Å². The van der Waals surface area contributed by atoms with Crippen molar-refractivity contribution in [3.8, 4) is 0 Å². The summed E-state index contributed by atoms with van der Waals surface area (Å²) in [6, 6.07) is -0.479. The summed E-state index contributed by atoms with van der Waals surface area (Å²) < 4.78 is 0. The van der Waals surface area contributed by atoms with Gasteiger partial charge in [0.25, 0.3) is 0 Å². The Hall–Kier alpha value is -0.740. The van der Waals surface area contributed by atoms with Crippen molar-refractivity contribution in [3.05, 3.63) is 0 Å². The Morgan fingerprint density at radius 2 is 1.94 bits per heavy atom. The number of hydrogen-bond donors (Lipinski definition) is 2. The molecule has 0 fully saturated rings. The zero-order valence-electron chi connectivity index (χ0n) is 10.2. The second-order valence-corrected chi connectivity index (χ2v) is 4.18. The predicted octanol–water partition coefficient (Wildman–Crippen LogP) is 1.02. The lowest BCUT2D eigenvalue weighted by molar-refractivity contribution is -0.128. The van der Waals surface area contributed by atoms with Gasteiger partial charge in [0.2, 0.25) is 0 Å². The first-order valence-corrected chi connectivity index (χ1v) is 6.12. The highest BCUT2D eigenvalue weighted by molar-refractivity contribution is 5.96. The number of aldehydes is 1. The van der Waals surface area contributed by atoms with E-state index in [0.29, 0.717) is 19.4 Å². The number of Topliss-reactive ketones (excluding diaryl/α,β-unsaturated/α-hetero) is 1. The van der Waals surface area contributed by atoms with Crippen molar-refractivity contribution in [1.82, 2.24) is 0 Å². The SMILES string of the molecule is CCCCC(N)C(=O)C(C=O)CCCCN. The topological polar surface area (TPSA) is 86.2 Å². The van der Waals surface area contributed by atoms with Crippen LogP contribution in [0.2, 0.25) is 0 Å². The molecule has 0 saturated carbocycles. The predicted molar refractivity (Wildman–Crippen MR) is 65.0 cm³/mol. The maximum atomic E-state index is 11.8. The van der Waals surface area contributed by atoms with E-state index >= 15 is 0 Å². The second kappa shape index (κ2) is 9.48. The van der Waals surface area contributed by atoms with Crippen LogP contribution in [-0.2, 0) is 9.59 Å². The molecular formula is C12H24N2O2. The maximum Gasteiger partial charge on any atom is 0.159 e. The van der Waals surface area contributed by atoms with E-state index in [1.807, 2.05) is 0 Å². The van der Waals surface area contributed by atoms with Crippen molar-refractivity contribution in [2.45, 2.75) is 51.5 Å². The van der Waals surface area contributed by atoms with E-state index in [9.17, 15) is 9.59 Å². The molecule has 0 spiro atoms. The van der Waals surface area contributed by atoms with Crippen LogP contribution in [0.1, 0.15) is 45.4 Å². The van der Waals surface area contributed by atoms with Crippen LogP contribution in [0.25, 0.3) is 0 Å². The molecule has 0 aliphatic heterocycles. The third-order valence-corrected chi connectivity index (χ3v) is 2.73. The highest BCUT2D eigenvalue weighted by Gasteiger charge is 2.22. The average molecular weight is 228 g/mol. The van der Waals surface area contributed by atoms with Gasteiger partial charge in [-0.3, -0.25) is 4.79 Å². The van der Waals surface area contributed by atoms with Crippen LogP contribution >= 0.6 is 0 Å². The fourth-order valence-electron chi connectivity index (χ4n) is 1.63. The number of carbonyl (C=O) groups is 2. The van der Waals surface area contributed by atoms with Crippen LogP contribution in [0.4, 0.5) is 0 Å². The van der Waals surface area contributed by atoms with Gasteiger partial charge < -0.3 is 16.3 Å². The van der Waals surface area contributed by atoms with E-state index in [4.69, 9.17) is 11.5 Å². The molecule has 0 amide bonds. The lowest BCUT2D eigenvalue weighted by Crippen LogP contribution is -2.36. The van der Waals surface area contributed by atoms with E-state index in [2.05, 4.69) is 6.92 Å². The molecule has 2 atom stereocenters. The first-order chi connectivity index (χ1) is 7.67. The van der Waals surface area contributed by atoms with Crippen LogP contribution in [0.5, 0.6) is 0 Å². The lowest BCUT2D eigenvalue weighted by atomic mass is 9.92. The first kappa shape index (κ1) is 15.3. The molecule has 0 aromatic rings. The number of ketones is 1. The summed E-state index contributed by atoms with van der Waals surface area (Å²) >= 11 is 0. The second-order valence-electron chi connectivity index (χ2n) is 4.18. The summed E-state index contributed by atoms with van der Waals surface area (Å²) in [7, 11) is 0. The number of carbonyl (C=O) groups excluding carboxylic acids is 2. The standard InChI is InChI=1S/C12H24N2O2/c1-2-3-7-11(14)12(16)10(9-15)6-4-5-8-13/h9-11H,2-8,13-14H2,1H3. The summed E-state index contributed by atoms with van der Waals surface area (Å²) in [5.41, 5.74) is 11.1. The Morgan fingerprint density at radius 3 is 2.44 bits per heavy atom. The molecule has 16 heavy (non-hydrogen) atoms. The van der Waals surface area contributed by atoms with Crippen LogP contribution in [-0.4, -0.2) is 24.7 Å². The van der Waals surface area contributed by atoms with Gasteiger partial charge >= 0.3 is 0 Å². The van der Waals surface area contributed by atoms with Gasteiger partial charge in [-0.2, -0.15) is 0 Å². The van der Waals surface area contributed by atoms with Gasteiger partial charge in [0.15, 0.2) is 5.78 Å². The van der Waals surface area contributed by atoms with Gasteiger partial charge in [-0.1, -0.05) is 26.2 Å². The van der Waals surface area contributed by atoms with Crippen molar-refractivity contribution < 1.29 is 9.59 Å². The molecule has 0 aromatic heterocycles. The normalized spacial score (nSPS) is 14.4. The van der Waals surface area contributed by atoms with Crippen LogP contribution in [0.3, 0.4) is 0 Å². The molecule has 2 unspecified atom stereocenters. The Balaban J connectivity index is 4.02. The van der Waals surface area contributed by atoms with Crippen molar-refractivity contribution in [3.63, 3.8) is 0 Å². The van der Waals surface area contributed by atoms with Crippen LogP contribution in [0.15, 0.2) is 0 Å². The monoisotopic (exact) mass is 228 g/mol. The average Bonchev–Trinajstić information content (AvgIpc) is 2.31. The fraction of sp³-hybridized carbons (Fsp3) is 0.833.